The summed E-state index contributed by atoms with van der Waals surface area (Å²) in [6.45, 7) is 2.24. The van der Waals surface area contributed by atoms with E-state index >= 15 is 0 Å². The van der Waals surface area contributed by atoms with Gasteiger partial charge in [0.05, 0.1) is 15.9 Å². The standard InChI is InChI=1S/C13H20N2O4S2/c1-10(15-9-13-6-3-7-20(13,16)17)11-4-2-5-12(8-11)21(14,18)19/h2,4-5,8,10,13,15H,3,6-7,9H2,1H3,(H2,14,18,19). The zero-order valence-electron chi connectivity index (χ0n) is 11.8. The van der Waals surface area contributed by atoms with Crippen LogP contribution in [0, 0.1) is 0 Å². The topological polar surface area (TPSA) is 106 Å². The Bertz CT molecular complexity index is 713. The van der Waals surface area contributed by atoms with Gasteiger partial charge in [-0.05, 0) is 37.5 Å². The Morgan fingerprint density at radius 2 is 2.14 bits per heavy atom. The summed E-state index contributed by atoms with van der Waals surface area (Å²) in [6.07, 6.45) is 1.39. The maximum Gasteiger partial charge on any atom is 0.238 e. The van der Waals surface area contributed by atoms with E-state index in [1.165, 1.54) is 12.1 Å². The van der Waals surface area contributed by atoms with Crippen molar-refractivity contribution in [1.82, 2.24) is 5.32 Å². The van der Waals surface area contributed by atoms with Gasteiger partial charge in [-0.15, -0.1) is 0 Å². The summed E-state index contributed by atoms with van der Waals surface area (Å²) in [5, 5.41) is 7.92. The fourth-order valence-electron chi connectivity index (χ4n) is 2.47. The largest absolute Gasteiger partial charge is 0.309 e. The molecular weight excluding hydrogens is 312 g/mol. The van der Waals surface area contributed by atoms with E-state index < -0.39 is 19.9 Å². The van der Waals surface area contributed by atoms with Gasteiger partial charge in [0.15, 0.2) is 9.84 Å². The number of nitrogens with two attached hydrogens (primary N) is 1. The number of hydrogen-bond donors (Lipinski definition) is 2. The van der Waals surface area contributed by atoms with Crippen LogP contribution < -0.4 is 10.5 Å². The number of rotatable bonds is 5. The van der Waals surface area contributed by atoms with Crippen LogP contribution in [-0.2, 0) is 19.9 Å². The summed E-state index contributed by atoms with van der Waals surface area (Å²) in [6, 6.07) is 6.21. The molecule has 0 amide bonds. The van der Waals surface area contributed by atoms with E-state index in [-0.39, 0.29) is 21.9 Å². The van der Waals surface area contributed by atoms with Crippen molar-refractivity contribution in [2.24, 2.45) is 5.14 Å². The summed E-state index contributed by atoms with van der Waals surface area (Å²) in [5.41, 5.74) is 0.761. The number of primary sulfonamides is 1. The average Bonchev–Trinajstić information content (AvgIpc) is 2.74. The second-order valence-corrected chi connectivity index (χ2v) is 9.34. The van der Waals surface area contributed by atoms with E-state index in [0.717, 1.165) is 5.56 Å². The van der Waals surface area contributed by atoms with Crippen molar-refractivity contribution in [2.45, 2.75) is 36.0 Å². The number of sulfonamides is 1. The van der Waals surface area contributed by atoms with Crippen LogP contribution in [-0.4, -0.2) is 34.4 Å². The van der Waals surface area contributed by atoms with Crippen molar-refractivity contribution in [3.63, 3.8) is 0 Å². The predicted octanol–water partition coefficient (Wildman–Crippen LogP) is 0.562. The fraction of sp³-hybridized carbons (Fsp3) is 0.538. The molecule has 1 fully saturated rings. The smallest absolute Gasteiger partial charge is 0.238 e. The van der Waals surface area contributed by atoms with Crippen LogP contribution in [0.1, 0.15) is 31.4 Å². The van der Waals surface area contributed by atoms with Crippen molar-refractivity contribution >= 4 is 19.9 Å². The molecule has 1 aliphatic heterocycles. The van der Waals surface area contributed by atoms with Gasteiger partial charge >= 0.3 is 0 Å². The predicted molar refractivity (Wildman–Crippen MR) is 81.0 cm³/mol. The van der Waals surface area contributed by atoms with Gasteiger partial charge in [0.2, 0.25) is 10.0 Å². The van der Waals surface area contributed by atoms with Gasteiger partial charge < -0.3 is 5.32 Å². The molecular formula is C13H20N2O4S2. The fourth-order valence-corrected chi connectivity index (χ4v) is 4.82. The minimum atomic E-state index is -3.73. The molecule has 118 valence electrons. The van der Waals surface area contributed by atoms with Gasteiger partial charge in [0.25, 0.3) is 0 Å². The quantitative estimate of drug-likeness (QED) is 0.819. The normalized spacial score (nSPS) is 23.0. The van der Waals surface area contributed by atoms with E-state index in [9.17, 15) is 16.8 Å². The molecule has 1 heterocycles. The van der Waals surface area contributed by atoms with Crippen molar-refractivity contribution in [3.05, 3.63) is 29.8 Å². The Morgan fingerprint density at radius 1 is 1.43 bits per heavy atom. The maximum atomic E-state index is 11.8. The van der Waals surface area contributed by atoms with E-state index in [1.807, 2.05) is 6.92 Å². The molecule has 0 aromatic heterocycles. The molecule has 2 atom stereocenters. The van der Waals surface area contributed by atoms with E-state index in [2.05, 4.69) is 5.32 Å². The first-order valence-electron chi connectivity index (χ1n) is 6.78. The molecule has 8 heteroatoms. The Hall–Kier alpha value is -0.960. The molecule has 1 aromatic rings. The minimum Gasteiger partial charge on any atom is -0.309 e. The van der Waals surface area contributed by atoms with E-state index in [1.54, 1.807) is 12.1 Å². The summed E-state index contributed by atoms with van der Waals surface area (Å²) >= 11 is 0. The number of hydrogen-bond acceptors (Lipinski definition) is 5. The van der Waals surface area contributed by atoms with Crippen molar-refractivity contribution in [3.8, 4) is 0 Å². The minimum absolute atomic E-state index is 0.0575. The summed E-state index contributed by atoms with van der Waals surface area (Å²) in [5.74, 6) is 0.259. The monoisotopic (exact) mass is 332 g/mol. The molecule has 2 rings (SSSR count). The highest BCUT2D eigenvalue weighted by Crippen LogP contribution is 2.21. The van der Waals surface area contributed by atoms with Crippen LogP contribution in [0.5, 0.6) is 0 Å². The molecule has 0 radical (unpaired) electrons. The Balaban J connectivity index is 2.06. The molecule has 6 nitrogen and oxygen atoms in total. The zero-order chi connectivity index (χ0) is 15.7. The van der Waals surface area contributed by atoms with Crippen LogP contribution >= 0.6 is 0 Å². The molecule has 1 saturated heterocycles. The number of nitrogens with one attached hydrogen (secondary N) is 1. The van der Waals surface area contributed by atoms with Gasteiger partial charge in [-0.2, -0.15) is 0 Å². The lowest BCUT2D eigenvalue weighted by Gasteiger charge is -2.17. The van der Waals surface area contributed by atoms with Gasteiger partial charge in [-0.1, -0.05) is 12.1 Å². The molecule has 0 aliphatic carbocycles. The van der Waals surface area contributed by atoms with Gasteiger partial charge in [-0.25, -0.2) is 22.0 Å². The molecule has 1 aliphatic rings. The van der Waals surface area contributed by atoms with Crippen molar-refractivity contribution < 1.29 is 16.8 Å². The lowest BCUT2D eigenvalue weighted by atomic mass is 10.1. The first-order valence-corrected chi connectivity index (χ1v) is 10.0. The SMILES string of the molecule is CC(NCC1CCCS1(=O)=O)c1cccc(S(N)(=O)=O)c1. The maximum absolute atomic E-state index is 11.8. The van der Waals surface area contributed by atoms with Crippen molar-refractivity contribution in [1.29, 1.82) is 0 Å². The molecule has 0 saturated carbocycles. The second-order valence-electron chi connectivity index (χ2n) is 5.38. The summed E-state index contributed by atoms with van der Waals surface area (Å²) < 4.78 is 46.2. The molecule has 2 unspecified atom stereocenters. The lowest BCUT2D eigenvalue weighted by molar-refractivity contribution is 0.537. The molecule has 0 bridgehead atoms. The summed E-state index contributed by atoms with van der Waals surface area (Å²) in [7, 11) is -6.71. The Morgan fingerprint density at radius 3 is 2.71 bits per heavy atom. The lowest BCUT2D eigenvalue weighted by Crippen LogP contribution is -2.32. The van der Waals surface area contributed by atoms with Crippen LogP contribution in [0.4, 0.5) is 0 Å². The molecule has 21 heavy (non-hydrogen) atoms. The highest BCUT2D eigenvalue weighted by atomic mass is 32.2. The first kappa shape index (κ1) is 16.4. The average molecular weight is 332 g/mol. The second kappa shape index (κ2) is 6.04. The Kier molecular flexibility index (Phi) is 4.72. The van der Waals surface area contributed by atoms with Gasteiger partial charge in [0, 0.05) is 12.6 Å². The Labute approximate surface area is 125 Å². The van der Waals surface area contributed by atoms with E-state index in [4.69, 9.17) is 5.14 Å². The van der Waals surface area contributed by atoms with E-state index in [0.29, 0.717) is 19.4 Å². The third-order valence-corrected chi connectivity index (χ3v) is 6.99. The summed E-state index contributed by atoms with van der Waals surface area (Å²) in [4.78, 5) is 0.0575. The zero-order valence-corrected chi connectivity index (χ0v) is 13.5. The highest BCUT2D eigenvalue weighted by Gasteiger charge is 2.31. The van der Waals surface area contributed by atoms with Crippen LogP contribution in [0.15, 0.2) is 29.2 Å². The molecule has 3 N–H and O–H groups in total. The third kappa shape index (κ3) is 4.03. The van der Waals surface area contributed by atoms with Crippen LogP contribution in [0.25, 0.3) is 0 Å². The first-order chi connectivity index (χ1) is 9.70. The highest BCUT2D eigenvalue weighted by molar-refractivity contribution is 7.92. The van der Waals surface area contributed by atoms with Crippen LogP contribution in [0.3, 0.4) is 0 Å². The van der Waals surface area contributed by atoms with Gasteiger partial charge in [0.1, 0.15) is 0 Å². The van der Waals surface area contributed by atoms with Gasteiger partial charge in [-0.3, -0.25) is 0 Å². The molecule has 1 aromatic carbocycles. The number of benzene rings is 1. The third-order valence-electron chi connectivity index (χ3n) is 3.80. The van der Waals surface area contributed by atoms with Crippen LogP contribution in [0.2, 0.25) is 0 Å². The molecule has 0 spiro atoms. The number of sulfone groups is 1. The van der Waals surface area contributed by atoms with Crippen molar-refractivity contribution in [2.75, 3.05) is 12.3 Å².